The van der Waals surface area contributed by atoms with Crippen molar-refractivity contribution in [3.8, 4) is 0 Å². The molecule has 0 spiro atoms. The fourth-order valence-electron chi connectivity index (χ4n) is 2.19. The maximum Gasteiger partial charge on any atom is 0.0594 e. The first-order valence-corrected chi connectivity index (χ1v) is 5.18. The van der Waals surface area contributed by atoms with Gasteiger partial charge in [0.1, 0.15) is 0 Å². The highest BCUT2D eigenvalue weighted by Crippen LogP contribution is 2.15. The van der Waals surface area contributed by atoms with E-state index in [1.807, 2.05) is 5.01 Å². The Balaban J connectivity index is 1.79. The van der Waals surface area contributed by atoms with Gasteiger partial charge in [-0.3, -0.25) is 10.7 Å². The van der Waals surface area contributed by atoms with Gasteiger partial charge in [0.2, 0.25) is 0 Å². The quantitative estimate of drug-likeness (QED) is 0.567. The molecule has 0 saturated carbocycles. The Morgan fingerprint density at radius 3 is 2.23 bits per heavy atom. The Kier molecular flexibility index (Phi) is 3.16. The molecule has 2 rings (SSSR count). The van der Waals surface area contributed by atoms with Crippen molar-refractivity contribution in [2.24, 2.45) is 5.84 Å². The first kappa shape index (κ1) is 9.40. The van der Waals surface area contributed by atoms with Gasteiger partial charge < -0.3 is 4.74 Å². The molecule has 0 amide bonds. The van der Waals surface area contributed by atoms with Crippen LogP contribution in [-0.2, 0) is 4.74 Å². The van der Waals surface area contributed by atoms with Gasteiger partial charge in [0.15, 0.2) is 0 Å². The molecule has 0 aromatic rings. The first-order valence-electron chi connectivity index (χ1n) is 5.18. The highest BCUT2D eigenvalue weighted by Gasteiger charge is 2.24. The zero-order valence-electron chi connectivity index (χ0n) is 8.11. The molecule has 2 heterocycles. The standard InChI is InChI=1S/C9H19N3O/c10-12-3-1-9(2-4-12)11-5-7-13-8-6-11/h9H,1-8,10H2. The highest BCUT2D eigenvalue weighted by atomic mass is 16.5. The van der Waals surface area contributed by atoms with Crippen molar-refractivity contribution in [1.29, 1.82) is 0 Å². The molecule has 4 nitrogen and oxygen atoms in total. The van der Waals surface area contributed by atoms with E-state index in [-0.39, 0.29) is 0 Å². The third kappa shape index (κ3) is 2.40. The van der Waals surface area contributed by atoms with E-state index in [0.717, 1.165) is 45.4 Å². The number of hydrogen-bond donors (Lipinski definition) is 1. The summed E-state index contributed by atoms with van der Waals surface area (Å²) >= 11 is 0. The third-order valence-corrected chi connectivity index (χ3v) is 3.06. The van der Waals surface area contributed by atoms with Crippen LogP contribution in [0, 0.1) is 0 Å². The number of morpholine rings is 1. The van der Waals surface area contributed by atoms with Gasteiger partial charge in [-0.15, -0.1) is 0 Å². The van der Waals surface area contributed by atoms with E-state index in [2.05, 4.69) is 4.90 Å². The van der Waals surface area contributed by atoms with Gasteiger partial charge in [-0.05, 0) is 12.8 Å². The number of ether oxygens (including phenoxy) is 1. The molecule has 2 aliphatic heterocycles. The summed E-state index contributed by atoms with van der Waals surface area (Å²) in [4.78, 5) is 2.55. The van der Waals surface area contributed by atoms with E-state index >= 15 is 0 Å². The topological polar surface area (TPSA) is 41.7 Å². The number of hydrogen-bond acceptors (Lipinski definition) is 4. The lowest BCUT2D eigenvalue weighted by molar-refractivity contribution is 0.000853. The van der Waals surface area contributed by atoms with E-state index in [4.69, 9.17) is 10.6 Å². The normalized spacial score (nSPS) is 29.3. The number of nitrogens with two attached hydrogens (primary N) is 1. The summed E-state index contributed by atoms with van der Waals surface area (Å²) in [6, 6.07) is 0.753. The molecule has 2 saturated heterocycles. The molecule has 0 aromatic heterocycles. The lowest BCUT2D eigenvalue weighted by Crippen LogP contribution is -2.50. The van der Waals surface area contributed by atoms with Crippen LogP contribution in [-0.4, -0.2) is 55.3 Å². The van der Waals surface area contributed by atoms with E-state index in [1.54, 1.807) is 0 Å². The van der Waals surface area contributed by atoms with Crippen molar-refractivity contribution < 1.29 is 4.74 Å². The third-order valence-electron chi connectivity index (χ3n) is 3.06. The van der Waals surface area contributed by atoms with Gasteiger partial charge in [0.05, 0.1) is 13.2 Å². The summed E-state index contributed by atoms with van der Waals surface area (Å²) in [5, 5.41) is 1.93. The summed E-state index contributed by atoms with van der Waals surface area (Å²) < 4.78 is 5.33. The molecular weight excluding hydrogens is 166 g/mol. The summed E-state index contributed by atoms with van der Waals surface area (Å²) in [5.74, 6) is 5.72. The maximum atomic E-state index is 5.72. The van der Waals surface area contributed by atoms with Crippen molar-refractivity contribution in [2.45, 2.75) is 18.9 Å². The van der Waals surface area contributed by atoms with Crippen molar-refractivity contribution >= 4 is 0 Å². The fourth-order valence-corrected chi connectivity index (χ4v) is 2.19. The number of rotatable bonds is 1. The smallest absolute Gasteiger partial charge is 0.0594 e. The van der Waals surface area contributed by atoms with Gasteiger partial charge in [0.25, 0.3) is 0 Å². The molecule has 13 heavy (non-hydrogen) atoms. The lowest BCUT2D eigenvalue weighted by Gasteiger charge is -2.38. The molecule has 0 bridgehead atoms. The van der Waals surface area contributed by atoms with Crippen LogP contribution in [0.4, 0.5) is 0 Å². The van der Waals surface area contributed by atoms with E-state index in [1.165, 1.54) is 12.8 Å². The van der Waals surface area contributed by atoms with Crippen LogP contribution >= 0.6 is 0 Å². The summed E-state index contributed by atoms with van der Waals surface area (Å²) in [7, 11) is 0. The number of hydrazine groups is 1. The zero-order valence-corrected chi connectivity index (χ0v) is 8.11. The molecule has 0 unspecified atom stereocenters. The molecule has 0 atom stereocenters. The van der Waals surface area contributed by atoms with E-state index in [9.17, 15) is 0 Å². The SMILES string of the molecule is NN1CCC(N2CCOCC2)CC1. The highest BCUT2D eigenvalue weighted by molar-refractivity contribution is 4.79. The molecule has 2 N–H and O–H groups in total. The molecule has 2 fully saturated rings. The summed E-state index contributed by atoms with van der Waals surface area (Å²) in [5.41, 5.74) is 0. The van der Waals surface area contributed by atoms with Crippen LogP contribution in [0.5, 0.6) is 0 Å². The molecule has 4 heteroatoms. The van der Waals surface area contributed by atoms with Crippen LogP contribution in [0.1, 0.15) is 12.8 Å². The van der Waals surface area contributed by atoms with Crippen LogP contribution < -0.4 is 5.84 Å². The molecular formula is C9H19N3O. The predicted molar refractivity (Wildman–Crippen MR) is 51.2 cm³/mol. The Morgan fingerprint density at radius 1 is 1.00 bits per heavy atom. The van der Waals surface area contributed by atoms with Gasteiger partial charge >= 0.3 is 0 Å². The Hall–Kier alpha value is -0.160. The molecule has 2 aliphatic rings. The molecule has 76 valence electrons. The fraction of sp³-hybridized carbons (Fsp3) is 1.00. The minimum atomic E-state index is 0.753. The average molecular weight is 185 g/mol. The summed E-state index contributed by atoms with van der Waals surface area (Å²) in [6.07, 6.45) is 2.44. The zero-order chi connectivity index (χ0) is 9.10. The van der Waals surface area contributed by atoms with Crippen LogP contribution in [0.2, 0.25) is 0 Å². The van der Waals surface area contributed by atoms with E-state index in [0.29, 0.717) is 0 Å². The molecule has 0 aromatic carbocycles. The van der Waals surface area contributed by atoms with Crippen LogP contribution in [0.3, 0.4) is 0 Å². The van der Waals surface area contributed by atoms with Crippen LogP contribution in [0.15, 0.2) is 0 Å². The van der Waals surface area contributed by atoms with Gasteiger partial charge in [-0.25, -0.2) is 5.01 Å². The van der Waals surface area contributed by atoms with Crippen molar-refractivity contribution in [3.05, 3.63) is 0 Å². The van der Waals surface area contributed by atoms with Gasteiger partial charge in [0, 0.05) is 32.2 Å². The van der Waals surface area contributed by atoms with Crippen molar-refractivity contribution in [2.75, 3.05) is 39.4 Å². The second kappa shape index (κ2) is 4.37. The first-order chi connectivity index (χ1) is 6.36. The number of nitrogens with zero attached hydrogens (tertiary/aromatic N) is 2. The van der Waals surface area contributed by atoms with Crippen LogP contribution in [0.25, 0.3) is 0 Å². The second-order valence-electron chi connectivity index (χ2n) is 3.92. The second-order valence-corrected chi connectivity index (χ2v) is 3.92. The summed E-state index contributed by atoms with van der Waals surface area (Å²) in [6.45, 7) is 6.11. The Labute approximate surface area is 79.6 Å². The average Bonchev–Trinajstić information content (AvgIpc) is 2.20. The molecule has 0 aliphatic carbocycles. The van der Waals surface area contributed by atoms with Gasteiger partial charge in [-0.1, -0.05) is 0 Å². The molecule has 0 radical (unpaired) electrons. The Morgan fingerprint density at radius 2 is 1.62 bits per heavy atom. The number of piperidine rings is 1. The lowest BCUT2D eigenvalue weighted by atomic mass is 10.0. The van der Waals surface area contributed by atoms with Crippen molar-refractivity contribution in [3.63, 3.8) is 0 Å². The predicted octanol–water partition coefficient (Wildman–Crippen LogP) is -0.343. The minimum Gasteiger partial charge on any atom is -0.379 e. The monoisotopic (exact) mass is 185 g/mol. The maximum absolute atomic E-state index is 5.72. The van der Waals surface area contributed by atoms with Gasteiger partial charge in [-0.2, -0.15) is 0 Å². The van der Waals surface area contributed by atoms with Crippen molar-refractivity contribution in [1.82, 2.24) is 9.91 Å². The van der Waals surface area contributed by atoms with E-state index < -0.39 is 0 Å². The largest absolute Gasteiger partial charge is 0.379 e. The Bertz CT molecular complexity index is 151. The minimum absolute atomic E-state index is 0.753.